The summed E-state index contributed by atoms with van der Waals surface area (Å²) in [4.78, 5) is 10.9. The minimum absolute atomic E-state index is 0.00936. The number of amides is 1. The molecular weight excluding hydrogens is 370 g/mol. The van der Waals surface area contributed by atoms with Crippen LogP contribution in [0.2, 0.25) is 0 Å². The number of nitrogens with one attached hydrogen (secondary N) is 2. The first-order chi connectivity index (χ1) is 12.1. The zero-order valence-electron chi connectivity index (χ0n) is 12.5. The van der Waals surface area contributed by atoms with Gasteiger partial charge in [-0.1, -0.05) is 12.1 Å². The summed E-state index contributed by atoms with van der Waals surface area (Å²) in [5.41, 5.74) is -2.31. The second-order valence-electron chi connectivity index (χ2n) is 5.15. The van der Waals surface area contributed by atoms with Gasteiger partial charge in [0, 0.05) is 17.3 Å². The Morgan fingerprint density at radius 1 is 1.04 bits per heavy atom. The molecule has 2 aromatic rings. The minimum Gasteiger partial charge on any atom is -0.442 e. The van der Waals surface area contributed by atoms with Crippen LogP contribution in [-0.2, 0) is 17.1 Å². The van der Waals surface area contributed by atoms with E-state index in [1.165, 1.54) is 0 Å². The molecular formula is C14H8F6N4O2. The van der Waals surface area contributed by atoms with E-state index in [1.54, 1.807) is 0 Å². The molecule has 0 radical (unpaired) electrons. The van der Waals surface area contributed by atoms with Crippen LogP contribution in [0.4, 0.5) is 31.1 Å². The molecule has 6 nitrogen and oxygen atoms in total. The number of nitrogens with zero attached hydrogens (tertiary/aromatic N) is 2. The van der Waals surface area contributed by atoms with Gasteiger partial charge in [0.15, 0.2) is 5.69 Å². The first-order valence-corrected chi connectivity index (χ1v) is 6.89. The molecule has 1 amide bonds. The molecule has 0 fully saturated rings. The molecule has 138 valence electrons. The lowest BCUT2D eigenvalue weighted by atomic mass is 9.95. The van der Waals surface area contributed by atoms with Crippen LogP contribution in [-0.4, -0.2) is 28.6 Å². The van der Waals surface area contributed by atoms with Crippen molar-refractivity contribution in [3.05, 3.63) is 41.2 Å². The van der Waals surface area contributed by atoms with E-state index in [-0.39, 0.29) is 17.9 Å². The van der Waals surface area contributed by atoms with Crippen LogP contribution >= 0.6 is 0 Å². The number of cyclic esters (lactones) is 1. The van der Waals surface area contributed by atoms with E-state index < -0.39 is 40.8 Å². The number of halogens is 6. The van der Waals surface area contributed by atoms with Gasteiger partial charge < -0.3 is 4.74 Å². The molecule has 1 aromatic heterocycles. The van der Waals surface area contributed by atoms with Gasteiger partial charge in [-0.15, -0.1) is 0 Å². The number of H-pyrrole nitrogens is 1. The summed E-state index contributed by atoms with van der Waals surface area (Å²) in [6.45, 7) is -0.373. The number of alkyl halides is 6. The van der Waals surface area contributed by atoms with Crippen LogP contribution in [0.5, 0.6) is 0 Å². The Morgan fingerprint density at radius 3 is 2.35 bits per heavy atom. The number of hydrogen-bond acceptors (Lipinski definition) is 4. The quantitative estimate of drug-likeness (QED) is 0.785. The van der Waals surface area contributed by atoms with Crippen molar-refractivity contribution in [2.45, 2.75) is 12.4 Å². The van der Waals surface area contributed by atoms with E-state index in [2.05, 4.69) is 14.9 Å². The lowest BCUT2D eigenvalue weighted by Crippen LogP contribution is -2.30. The van der Waals surface area contributed by atoms with Crippen LogP contribution in [0, 0.1) is 0 Å². The Labute approximate surface area is 140 Å². The van der Waals surface area contributed by atoms with Gasteiger partial charge in [0.25, 0.3) is 0 Å². The van der Waals surface area contributed by atoms with Crippen LogP contribution in [0.25, 0.3) is 11.1 Å². The van der Waals surface area contributed by atoms with Crippen molar-refractivity contribution < 1.29 is 35.9 Å². The van der Waals surface area contributed by atoms with Crippen molar-refractivity contribution in [1.82, 2.24) is 15.6 Å². The number of hydrazone groups is 1. The summed E-state index contributed by atoms with van der Waals surface area (Å²) in [5.74, 6) is 0. The lowest BCUT2D eigenvalue weighted by molar-refractivity contribution is -0.141. The number of carbonyl (C=O) groups excluding carboxylic acids is 1. The summed E-state index contributed by atoms with van der Waals surface area (Å²) in [5, 5.41) is 8.51. The Balaban J connectivity index is 2.13. The summed E-state index contributed by atoms with van der Waals surface area (Å²) in [7, 11) is 0. The maximum absolute atomic E-state index is 13.4. The molecule has 0 aliphatic carbocycles. The predicted molar refractivity (Wildman–Crippen MR) is 75.0 cm³/mol. The first kappa shape index (κ1) is 17.8. The zero-order valence-corrected chi connectivity index (χ0v) is 12.5. The third kappa shape index (κ3) is 3.34. The molecule has 1 aromatic carbocycles. The molecule has 26 heavy (non-hydrogen) atoms. The minimum atomic E-state index is -4.94. The fourth-order valence-electron chi connectivity index (χ4n) is 2.36. The van der Waals surface area contributed by atoms with Crippen molar-refractivity contribution in [2.24, 2.45) is 5.10 Å². The van der Waals surface area contributed by atoms with Crippen molar-refractivity contribution in [1.29, 1.82) is 0 Å². The van der Waals surface area contributed by atoms with Crippen molar-refractivity contribution in [2.75, 3.05) is 6.61 Å². The molecule has 0 unspecified atom stereocenters. The Kier molecular flexibility index (Phi) is 4.12. The third-order valence-corrected chi connectivity index (χ3v) is 3.48. The number of aromatic amines is 1. The molecule has 0 saturated heterocycles. The van der Waals surface area contributed by atoms with Gasteiger partial charge in [0.1, 0.15) is 12.3 Å². The van der Waals surface area contributed by atoms with Gasteiger partial charge in [0.05, 0.1) is 5.56 Å². The molecule has 1 aliphatic heterocycles. The summed E-state index contributed by atoms with van der Waals surface area (Å²) in [6, 6.07) is 2.68. The summed E-state index contributed by atoms with van der Waals surface area (Å²) in [6.07, 6.45) is -9.99. The van der Waals surface area contributed by atoms with Gasteiger partial charge in [-0.3, -0.25) is 5.10 Å². The van der Waals surface area contributed by atoms with Gasteiger partial charge >= 0.3 is 18.4 Å². The highest BCUT2D eigenvalue weighted by atomic mass is 19.4. The largest absolute Gasteiger partial charge is 0.442 e. The van der Waals surface area contributed by atoms with E-state index in [9.17, 15) is 31.1 Å². The van der Waals surface area contributed by atoms with E-state index >= 15 is 0 Å². The molecule has 0 bridgehead atoms. The zero-order chi connectivity index (χ0) is 19.1. The molecule has 1 aliphatic rings. The normalized spacial score (nSPS) is 15.3. The van der Waals surface area contributed by atoms with E-state index in [0.29, 0.717) is 6.07 Å². The lowest BCUT2D eigenvalue weighted by Gasteiger charge is -2.17. The molecule has 0 saturated carbocycles. The number of hydrogen-bond donors (Lipinski definition) is 2. The van der Waals surface area contributed by atoms with Crippen LogP contribution in [0.3, 0.4) is 0 Å². The van der Waals surface area contributed by atoms with E-state index in [4.69, 9.17) is 0 Å². The Hall–Kier alpha value is -3.05. The molecule has 0 spiro atoms. The smallest absolute Gasteiger partial charge is 0.435 e. The maximum atomic E-state index is 13.4. The standard InChI is InChI=1S/C14H8F6N4O2/c15-13(16,17)9-3-6(10-5-26-12(25)24-22-10)1-2-7(9)8-4-21-23-11(8)14(18,19)20/h1-4H,5H2,(H,21,23)(H,24,25). The maximum Gasteiger partial charge on any atom is 0.435 e. The second-order valence-corrected chi connectivity index (χ2v) is 5.15. The third-order valence-electron chi connectivity index (χ3n) is 3.48. The predicted octanol–water partition coefficient (Wildman–Crippen LogP) is 3.56. The number of ether oxygens (including phenoxy) is 1. The van der Waals surface area contributed by atoms with Gasteiger partial charge in [0.2, 0.25) is 0 Å². The number of aromatic nitrogens is 2. The highest BCUT2D eigenvalue weighted by molar-refractivity contribution is 6.04. The molecule has 3 rings (SSSR count). The Bertz CT molecular complexity index is 884. The fourth-order valence-corrected chi connectivity index (χ4v) is 2.36. The molecule has 12 heteroatoms. The number of rotatable bonds is 2. The topological polar surface area (TPSA) is 79.4 Å². The second kappa shape index (κ2) is 6.04. The Morgan fingerprint density at radius 2 is 1.77 bits per heavy atom. The first-order valence-electron chi connectivity index (χ1n) is 6.89. The highest BCUT2D eigenvalue weighted by Crippen LogP contribution is 2.42. The number of benzene rings is 1. The van der Waals surface area contributed by atoms with Gasteiger partial charge in [-0.2, -0.15) is 36.5 Å². The molecule has 2 N–H and O–H groups in total. The SMILES string of the molecule is O=C1NN=C(c2ccc(-c3c[nH]nc3C(F)(F)F)c(C(F)(F)F)c2)CO1. The van der Waals surface area contributed by atoms with E-state index in [0.717, 1.165) is 18.3 Å². The highest BCUT2D eigenvalue weighted by Gasteiger charge is 2.40. The van der Waals surface area contributed by atoms with Crippen LogP contribution in [0.1, 0.15) is 16.8 Å². The van der Waals surface area contributed by atoms with Crippen LogP contribution in [0.15, 0.2) is 29.5 Å². The van der Waals surface area contributed by atoms with Crippen molar-refractivity contribution in [3.8, 4) is 11.1 Å². The fraction of sp³-hybridized carbons (Fsp3) is 0.214. The van der Waals surface area contributed by atoms with Gasteiger partial charge in [-0.25, -0.2) is 10.2 Å². The van der Waals surface area contributed by atoms with Crippen molar-refractivity contribution >= 4 is 11.8 Å². The van der Waals surface area contributed by atoms with E-state index in [1.807, 2.05) is 10.5 Å². The average molecular weight is 378 g/mol. The summed E-state index contributed by atoms with van der Waals surface area (Å²) >= 11 is 0. The van der Waals surface area contributed by atoms with Crippen molar-refractivity contribution in [3.63, 3.8) is 0 Å². The molecule has 2 heterocycles. The number of carbonyl (C=O) groups is 1. The van der Waals surface area contributed by atoms with Gasteiger partial charge in [-0.05, 0) is 11.6 Å². The molecule has 0 atom stereocenters. The average Bonchev–Trinajstić information content (AvgIpc) is 3.04. The van der Waals surface area contributed by atoms with Crippen LogP contribution < -0.4 is 5.43 Å². The monoisotopic (exact) mass is 378 g/mol. The summed E-state index contributed by atoms with van der Waals surface area (Å²) < 4.78 is 83.8.